The third-order valence-corrected chi connectivity index (χ3v) is 9.35. The molecule has 4 aliphatic rings. The van der Waals surface area contributed by atoms with Gasteiger partial charge in [0.05, 0.1) is 25.9 Å². The van der Waals surface area contributed by atoms with Gasteiger partial charge in [0, 0.05) is 20.8 Å². The van der Waals surface area contributed by atoms with Gasteiger partial charge in [0.2, 0.25) is 17.7 Å². The van der Waals surface area contributed by atoms with Crippen LogP contribution in [0.25, 0.3) is 0 Å². The quantitative estimate of drug-likeness (QED) is 0.0875. The fraction of sp³-hybridized carbons (Fsp3) is 0.900. The Labute approximate surface area is 302 Å². The summed E-state index contributed by atoms with van der Waals surface area (Å²) in [6.07, 6.45) is -27.6. The van der Waals surface area contributed by atoms with Crippen molar-refractivity contribution in [1.82, 2.24) is 16.0 Å². The van der Waals surface area contributed by atoms with Crippen molar-refractivity contribution in [3.63, 3.8) is 0 Å². The molecule has 0 aromatic carbocycles. The Bertz CT molecular complexity index is 1240. The second-order valence-corrected chi connectivity index (χ2v) is 13.4. The van der Waals surface area contributed by atoms with Crippen molar-refractivity contribution in [1.29, 1.82) is 0 Å². The van der Waals surface area contributed by atoms with E-state index >= 15 is 0 Å². The first-order valence-corrected chi connectivity index (χ1v) is 16.9. The minimum Gasteiger partial charge on any atom is -0.394 e. The number of hydrogen-bond acceptors (Lipinski definition) is 20. The van der Waals surface area contributed by atoms with Gasteiger partial charge in [-0.05, 0) is 6.92 Å². The predicted molar refractivity (Wildman–Crippen MR) is 167 cm³/mol. The van der Waals surface area contributed by atoms with Crippen LogP contribution in [-0.4, -0.2) is 211 Å². The number of ether oxygens (including phenoxy) is 7. The number of rotatable bonds is 12. The molecule has 4 rings (SSSR count). The highest BCUT2D eigenvalue weighted by Gasteiger charge is 2.54. The van der Waals surface area contributed by atoms with Crippen LogP contribution in [0.1, 0.15) is 27.7 Å². The van der Waals surface area contributed by atoms with Gasteiger partial charge in [-0.1, -0.05) is 0 Å². The van der Waals surface area contributed by atoms with Gasteiger partial charge in [0.25, 0.3) is 0 Å². The Kier molecular flexibility index (Phi) is 15.2. The maximum atomic E-state index is 12.5. The molecule has 4 aliphatic heterocycles. The van der Waals surface area contributed by atoms with Gasteiger partial charge in [-0.15, -0.1) is 0 Å². The number of amides is 3. The smallest absolute Gasteiger partial charge is 0.217 e. The van der Waals surface area contributed by atoms with Gasteiger partial charge in [0.1, 0.15) is 91.4 Å². The molecule has 0 aromatic rings. The lowest BCUT2D eigenvalue weighted by atomic mass is 9.93. The Morgan fingerprint density at radius 2 is 1.00 bits per heavy atom. The number of aliphatic hydroxyl groups excluding tert-OH is 10. The maximum absolute atomic E-state index is 12.5. The van der Waals surface area contributed by atoms with E-state index in [0.29, 0.717) is 0 Å². The van der Waals surface area contributed by atoms with E-state index in [-0.39, 0.29) is 0 Å². The van der Waals surface area contributed by atoms with Crippen LogP contribution in [0.2, 0.25) is 0 Å². The average Bonchev–Trinajstić information content (AvgIpc) is 3.09. The second-order valence-electron chi connectivity index (χ2n) is 13.4. The Hall–Kier alpha value is -2.27. The van der Waals surface area contributed by atoms with Gasteiger partial charge in [0.15, 0.2) is 25.2 Å². The average molecular weight is 774 g/mol. The minimum atomic E-state index is -1.84. The van der Waals surface area contributed by atoms with Gasteiger partial charge in [-0.25, -0.2) is 0 Å². The summed E-state index contributed by atoms with van der Waals surface area (Å²) in [4.78, 5) is 36.7. The molecule has 4 heterocycles. The third-order valence-electron chi connectivity index (χ3n) is 9.35. The van der Waals surface area contributed by atoms with Crippen molar-refractivity contribution in [3.05, 3.63) is 0 Å². The SMILES string of the molecule is CC(=O)N[C@@H]1[C@H](O[C@H]2[C@H](O)[C@@H](CO)O[C@@H](O)[C@@H]2NC(C)=O)O[C@@H](C)[C@H](O)[C@H]1O[C@H]1O[C@H](CO[C@@H]2O[C@H](CO)[C@@H](O)[C@H](O)[C@H]2O)[C@@H](O)[C@H](O)[C@H]1NC(C)=O. The lowest BCUT2D eigenvalue weighted by Crippen LogP contribution is -2.71. The van der Waals surface area contributed by atoms with Crippen molar-refractivity contribution in [2.75, 3.05) is 19.8 Å². The zero-order valence-corrected chi connectivity index (χ0v) is 29.2. The first-order chi connectivity index (χ1) is 24.9. The number of aliphatic hydroxyl groups is 10. The summed E-state index contributed by atoms with van der Waals surface area (Å²) in [5.74, 6) is -2.06. The highest BCUT2D eigenvalue weighted by molar-refractivity contribution is 5.74. The van der Waals surface area contributed by atoms with Crippen molar-refractivity contribution >= 4 is 17.7 Å². The molecule has 0 aromatic heterocycles. The third kappa shape index (κ3) is 9.95. The fourth-order valence-corrected chi connectivity index (χ4v) is 6.59. The predicted octanol–water partition coefficient (Wildman–Crippen LogP) is -8.29. The molecule has 53 heavy (non-hydrogen) atoms. The molecule has 4 saturated heterocycles. The van der Waals surface area contributed by atoms with Crippen LogP contribution in [0.4, 0.5) is 0 Å². The number of hydrogen-bond donors (Lipinski definition) is 13. The van der Waals surface area contributed by atoms with E-state index < -0.39 is 160 Å². The molecular weight excluding hydrogens is 722 g/mol. The highest BCUT2D eigenvalue weighted by Crippen LogP contribution is 2.33. The van der Waals surface area contributed by atoms with Crippen LogP contribution in [0, 0.1) is 0 Å². The lowest BCUT2D eigenvalue weighted by Gasteiger charge is -2.50. The molecule has 13 N–H and O–H groups in total. The molecule has 0 radical (unpaired) electrons. The molecule has 0 bridgehead atoms. The molecule has 23 nitrogen and oxygen atoms in total. The standard InChI is InChI=1S/C30H51N3O20/c1-8-18(39)26(17(33-11(4)38)29(48-8)52-25-16(32-10(3)37)27(46)49-13(6-35)21(25)42)53-28-15(31-9(2)36)22(43)20(41)14(51-28)7-47-30-24(45)23(44)19(40)12(5-34)50-30/h8,12-30,34-35,39-46H,5-7H2,1-4H3,(H,31,36)(H,32,37)(H,33,38)/t8-,12+,13+,14+,15+,16+,17-,18-,19+,20+,21+,22+,23-,24+,25+,26-,27+,28+,29-,30+/m0/s1. The van der Waals surface area contributed by atoms with Crippen molar-refractivity contribution < 1.29 is 98.6 Å². The molecule has 23 heteroatoms. The summed E-state index contributed by atoms with van der Waals surface area (Å²) >= 11 is 0. The maximum Gasteiger partial charge on any atom is 0.217 e. The molecule has 20 atom stereocenters. The van der Waals surface area contributed by atoms with Crippen molar-refractivity contribution in [2.24, 2.45) is 0 Å². The zero-order chi connectivity index (χ0) is 39.5. The van der Waals surface area contributed by atoms with Crippen molar-refractivity contribution in [2.45, 2.75) is 150 Å². The van der Waals surface area contributed by atoms with E-state index in [1.165, 1.54) is 6.92 Å². The summed E-state index contributed by atoms with van der Waals surface area (Å²) < 4.78 is 40.0. The first kappa shape index (κ1) is 43.5. The lowest BCUT2D eigenvalue weighted by molar-refractivity contribution is -0.349. The molecule has 306 valence electrons. The molecule has 0 saturated carbocycles. The van der Waals surface area contributed by atoms with Gasteiger partial charge >= 0.3 is 0 Å². The van der Waals surface area contributed by atoms with E-state index in [1.807, 2.05) is 0 Å². The number of carbonyl (C=O) groups excluding carboxylic acids is 3. The monoisotopic (exact) mass is 773 g/mol. The van der Waals surface area contributed by atoms with E-state index in [2.05, 4.69) is 16.0 Å². The van der Waals surface area contributed by atoms with Crippen LogP contribution in [0.5, 0.6) is 0 Å². The first-order valence-electron chi connectivity index (χ1n) is 16.9. The molecule has 3 amide bonds. The zero-order valence-electron chi connectivity index (χ0n) is 29.2. The van der Waals surface area contributed by atoms with Crippen molar-refractivity contribution in [3.8, 4) is 0 Å². The summed E-state index contributed by atoms with van der Waals surface area (Å²) in [5, 5.41) is 112. The van der Waals surface area contributed by atoms with Gasteiger partial charge in [-0.3, -0.25) is 14.4 Å². The van der Waals surface area contributed by atoms with Crippen LogP contribution in [0.15, 0.2) is 0 Å². The molecular formula is C30H51N3O20. The summed E-state index contributed by atoms with van der Waals surface area (Å²) in [7, 11) is 0. The summed E-state index contributed by atoms with van der Waals surface area (Å²) in [5.41, 5.74) is 0. The second kappa shape index (κ2) is 18.6. The van der Waals surface area contributed by atoms with Crippen LogP contribution in [-0.2, 0) is 47.5 Å². The normalized spacial score (nSPS) is 46.3. The minimum absolute atomic E-state index is 0.654. The van der Waals surface area contributed by atoms with Gasteiger partial charge in [-0.2, -0.15) is 0 Å². The fourth-order valence-electron chi connectivity index (χ4n) is 6.59. The topological polar surface area (TPSA) is 354 Å². The number of nitrogens with one attached hydrogen (secondary N) is 3. The van der Waals surface area contributed by atoms with Gasteiger partial charge < -0.3 is 100 Å². The highest BCUT2D eigenvalue weighted by atomic mass is 16.7. The van der Waals surface area contributed by atoms with E-state index in [1.54, 1.807) is 0 Å². The van der Waals surface area contributed by atoms with E-state index in [4.69, 9.17) is 33.2 Å². The summed E-state index contributed by atoms with van der Waals surface area (Å²) in [6, 6.07) is -4.46. The van der Waals surface area contributed by atoms with Crippen LogP contribution in [0.3, 0.4) is 0 Å². The molecule has 0 aliphatic carbocycles. The van der Waals surface area contributed by atoms with E-state index in [0.717, 1.165) is 20.8 Å². The molecule has 4 fully saturated rings. The van der Waals surface area contributed by atoms with Crippen LogP contribution >= 0.6 is 0 Å². The number of carbonyl (C=O) groups is 3. The Balaban J connectivity index is 1.62. The largest absolute Gasteiger partial charge is 0.394 e. The Morgan fingerprint density at radius 3 is 1.57 bits per heavy atom. The molecule has 0 unspecified atom stereocenters. The van der Waals surface area contributed by atoms with E-state index in [9.17, 15) is 65.4 Å². The molecule has 0 spiro atoms. The summed E-state index contributed by atoms with van der Waals surface area (Å²) in [6.45, 7) is 2.51. The Morgan fingerprint density at radius 1 is 0.528 bits per heavy atom. The van der Waals surface area contributed by atoms with Crippen LogP contribution < -0.4 is 16.0 Å².